The zero-order chi connectivity index (χ0) is 13.5. The molecule has 1 aromatic carbocycles. The molecule has 0 heterocycles. The van der Waals surface area contributed by atoms with Crippen LogP contribution in [0.15, 0.2) is 24.3 Å². The number of benzene rings is 1. The van der Waals surface area contributed by atoms with E-state index in [-0.39, 0.29) is 11.4 Å². The minimum absolute atomic E-state index is 0.0124. The molecule has 0 saturated heterocycles. The second kappa shape index (κ2) is 4.66. The normalized spacial score (nSPS) is 33.2. The minimum Gasteiger partial charge on any atom is -0.469 e. The molecule has 0 unspecified atom stereocenters. The van der Waals surface area contributed by atoms with Gasteiger partial charge in [0.05, 0.1) is 12.5 Å². The molecule has 102 valence electrons. The molecule has 0 amide bonds. The molecule has 1 aromatic rings. The molecule has 19 heavy (non-hydrogen) atoms. The van der Waals surface area contributed by atoms with E-state index < -0.39 is 0 Å². The summed E-state index contributed by atoms with van der Waals surface area (Å²) >= 11 is 0. The summed E-state index contributed by atoms with van der Waals surface area (Å²) in [5.74, 6) is 1.08. The maximum Gasteiger partial charge on any atom is 0.311 e. The average molecular weight is 258 g/mol. The van der Waals surface area contributed by atoms with Gasteiger partial charge in [0, 0.05) is 0 Å². The number of carbonyl (C=O) groups excluding carboxylic acids is 1. The Balaban J connectivity index is 1.95. The van der Waals surface area contributed by atoms with Gasteiger partial charge in [0.1, 0.15) is 0 Å². The molecule has 2 nitrogen and oxygen atoms in total. The van der Waals surface area contributed by atoms with Gasteiger partial charge in [-0.15, -0.1) is 0 Å². The molecule has 0 N–H and O–H groups in total. The SMILES string of the molecule is COC(=O)[C@@]1(C)CCC[C@H]2Cc3ccccc3C[C@@H]21. The number of hydrogen-bond donors (Lipinski definition) is 0. The highest BCUT2D eigenvalue weighted by molar-refractivity contribution is 5.77. The summed E-state index contributed by atoms with van der Waals surface area (Å²) in [5.41, 5.74) is 2.63. The van der Waals surface area contributed by atoms with E-state index in [2.05, 4.69) is 31.2 Å². The standard InChI is InChI=1S/C17H22O2/c1-17(16(18)19-2)9-5-8-14-10-12-6-3-4-7-13(12)11-15(14)17/h3-4,6-7,14-15H,5,8-11H2,1-2H3/t14-,15-,17-/m0/s1. The van der Waals surface area contributed by atoms with Crippen LogP contribution >= 0.6 is 0 Å². The Labute approximate surface area is 115 Å². The van der Waals surface area contributed by atoms with Gasteiger partial charge >= 0.3 is 5.97 Å². The van der Waals surface area contributed by atoms with Crippen LogP contribution in [0.25, 0.3) is 0 Å². The van der Waals surface area contributed by atoms with Crippen molar-refractivity contribution < 1.29 is 9.53 Å². The van der Waals surface area contributed by atoms with E-state index in [9.17, 15) is 4.79 Å². The number of hydrogen-bond acceptors (Lipinski definition) is 2. The monoisotopic (exact) mass is 258 g/mol. The van der Waals surface area contributed by atoms with Crippen molar-refractivity contribution >= 4 is 5.97 Å². The summed E-state index contributed by atoms with van der Waals surface area (Å²) in [6.07, 6.45) is 5.55. The first kappa shape index (κ1) is 12.7. The van der Waals surface area contributed by atoms with Gasteiger partial charge in [0.25, 0.3) is 0 Å². The van der Waals surface area contributed by atoms with Crippen LogP contribution < -0.4 is 0 Å². The quantitative estimate of drug-likeness (QED) is 0.722. The Morgan fingerprint density at radius 3 is 2.63 bits per heavy atom. The number of esters is 1. The van der Waals surface area contributed by atoms with Gasteiger partial charge in [-0.25, -0.2) is 0 Å². The highest BCUT2D eigenvalue weighted by Gasteiger charge is 2.49. The van der Waals surface area contributed by atoms with Crippen LogP contribution in [-0.2, 0) is 22.4 Å². The van der Waals surface area contributed by atoms with E-state index in [1.165, 1.54) is 24.7 Å². The molecule has 0 bridgehead atoms. The lowest BCUT2D eigenvalue weighted by Gasteiger charge is -2.47. The topological polar surface area (TPSA) is 26.3 Å². The van der Waals surface area contributed by atoms with Crippen LogP contribution in [0.3, 0.4) is 0 Å². The van der Waals surface area contributed by atoms with E-state index in [1.54, 1.807) is 0 Å². The summed E-state index contributed by atoms with van der Waals surface area (Å²) in [6.45, 7) is 2.11. The molecule has 1 fully saturated rings. The Morgan fingerprint density at radius 1 is 1.26 bits per heavy atom. The Hall–Kier alpha value is -1.31. The van der Waals surface area contributed by atoms with Crippen molar-refractivity contribution in [2.24, 2.45) is 17.3 Å². The molecule has 1 saturated carbocycles. The van der Waals surface area contributed by atoms with E-state index in [0.29, 0.717) is 11.8 Å². The fourth-order valence-electron chi connectivity index (χ4n) is 4.24. The van der Waals surface area contributed by atoms with Crippen LogP contribution in [0.5, 0.6) is 0 Å². The third-order valence-corrected chi connectivity index (χ3v) is 5.35. The lowest BCUT2D eigenvalue weighted by Crippen LogP contribution is -2.46. The van der Waals surface area contributed by atoms with Crippen molar-refractivity contribution in [2.45, 2.75) is 39.0 Å². The number of carbonyl (C=O) groups is 1. The van der Waals surface area contributed by atoms with Crippen molar-refractivity contribution in [3.8, 4) is 0 Å². The van der Waals surface area contributed by atoms with Gasteiger partial charge in [-0.05, 0) is 55.6 Å². The summed E-state index contributed by atoms with van der Waals surface area (Å²) < 4.78 is 5.09. The van der Waals surface area contributed by atoms with Gasteiger partial charge in [-0.2, -0.15) is 0 Å². The Morgan fingerprint density at radius 2 is 1.95 bits per heavy atom. The molecule has 3 atom stereocenters. The summed E-state index contributed by atoms with van der Waals surface area (Å²) in [6, 6.07) is 8.70. The second-order valence-corrected chi connectivity index (χ2v) is 6.34. The predicted molar refractivity (Wildman–Crippen MR) is 74.8 cm³/mol. The number of ether oxygens (including phenoxy) is 1. The van der Waals surface area contributed by atoms with Crippen molar-refractivity contribution in [3.63, 3.8) is 0 Å². The lowest BCUT2D eigenvalue weighted by atomic mass is 9.57. The lowest BCUT2D eigenvalue weighted by molar-refractivity contribution is -0.160. The molecule has 2 heteroatoms. The molecule has 2 aliphatic rings. The summed E-state index contributed by atoms with van der Waals surface area (Å²) in [7, 11) is 1.52. The third-order valence-electron chi connectivity index (χ3n) is 5.35. The first-order chi connectivity index (χ1) is 9.15. The van der Waals surface area contributed by atoms with Crippen LogP contribution in [0.4, 0.5) is 0 Å². The number of methoxy groups -OCH3 is 1. The smallest absolute Gasteiger partial charge is 0.311 e. The van der Waals surface area contributed by atoms with Crippen LogP contribution in [0, 0.1) is 17.3 Å². The Bertz CT molecular complexity index is 494. The molecular formula is C17H22O2. The largest absolute Gasteiger partial charge is 0.469 e. The minimum atomic E-state index is -0.287. The average Bonchev–Trinajstić information content (AvgIpc) is 2.45. The third kappa shape index (κ3) is 1.98. The zero-order valence-corrected chi connectivity index (χ0v) is 11.8. The highest BCUT2D eigenvalue weighted by atomic mass is 16.5. The second-order valence-electron chi connectivity index (χ2n) is 6.34. The number of rotatable bonds is 1. The first-order valence-corrected chi connectivity index (χ1v) is 7.30. The van der Waals surface area contributed by atoms with Crippen LogP contribution in [0.2, 0.25) is 0 Å². The maximum atomic E-state index is 12.2. The zero-order valence-electron chi connectivity index (χ0n) is 11.8. The predicted octanol–water partition coefficient (Wildman–Crippen LogP) is 3.38. The van der Waals surface area contributed by atoms with Gasteiger partial charge in [-0.3, -0.25) is 4.79 Å². The van der Waals surface area contributed by atoms with Crippen molar-refractivity contribution in [1.82, 2.24) is 0 Å². The first-order valence-electron chi connectivity index (χ1n) is 7.30. The van der Waals surface area contributed by atoms with E-state index >= 15 is 0 Å². The molecule has 2 aliphatic carbocycles. The van der Waals surface area contributed by atoms with Crippen LogP contribution in [-0.4, -0.2) is 13.1 Å². The summed E-state index contributed by atoms with van der Waals surface area (Å²) in [4.78, 5) is 12.2. The van der Waals surface area contributed by atoms with Gasteiger partial charge in [0.2, 0.25) is 0 Å². The number of fused-ring (bicyclic) bond motifs is 2. The molecule has 0 radical (unpaired) electrons. The fourth-order valence-corrected chi connectivity index (χ4v) is 4.24. The van der Waals surface area contributed by atoms with Gasteiger partial charge in [0.15, 0.2) is 0 Å². The van der Waals surface area contributed by atoms with Crippen molar-refractivity contribution in [2.75, 3.05) is 7.11 Å². The molecule has 3 rings (SSSR count). The van der Waals surface area contributed by atoms with Gasteiger partial charge in [-0.1, -0.05) is 30.7 Å². The van der Waals surface area contributed by atoms with Crippen molar-refractivity contribution in [1.29, 1.82) is 0 Å². The Kier molecular flexibility index (Phi) is 3.12. The van der Waals surface area contributed by atoms with Crippen LogP contribution in [0.1, 0.15) is 37.3 Å². The maximum absolute atomic E-state index is 12.2. The van der Waals surface area contributed by atoms with E-state index in [1.807, 2.05) is 0 Å². The van der Waals surface area contributed by atoms with E-state index in [4.69, 9.17) is 4.74 Å². The molecule has 0 spiro atoms. The van der Waals surface area contributed by atoms with Gasteiger partial charge < -0.3 is 4.74 Å². The molecule has 0 aromatic heterocycles. The fraction of sp³-hybridized carbons (Fsp3) is 0.588. The van der Waals surface area contributed by atoms with E-state index in [0.717, 1.165) is 25.7 Å². The van der Waals surface area contributed by atoms with Crippen molar-refractivity contribution in [3.05, 3.63) is 35.4 Å². The highest BCUT2D eigenvalue weighted by Crippen LogP contribution is 2.50. The molecular weight excluding hydrogens is 236 g/mol. The molecule has 0 aliphatic heterocycles. The summed E-state index contributed by atoms with van der Waals surface area (Å²) in [5, 5.41) is 0.